The highest BCUT2D eigenvalue weighted by atomic mass is 79.9. The lowest BCUT2D eigenvalue weighted by Gasteiger charge is -2.13. The number of nitrogens with one attached hydrogen (secondary N) is 1. The highest BCUT2D eigenvalue weighted by molar-refractivity contribution is 9.10. The van der Waals surface area contributed by atoms with Gasteiger partial charge < -0.3 is 10.1 Å². The Balaban J connectivity index is 2.44. The molecule has 0 atom stereocenters. The Kier molecular flexibility index (Phi) is 6.94. The minimum atomic E-state index is -4.45. The fourth-order valence-corrected chi connectivity index (χ4v) is 2.01. The maximum Gasteiger partial charge on any atom is 0.419 e. The highest BCUT2D eigenvalue weighted by Gasteiger charge is 2.34. The van der Waals surface area contributed by atoms with Crippen molar-refractivity contribution in [3.63, 3.8) is 0 Å². The van der Waals surface area contributed by atoms with Crippen molar-refractivity contribution < 1.29 is 22.7 Å². The average Bonchev–Trinajstić information content (AvgIpc) is 2.42. The number of unbranched alkanes of at least 4 members (excludes halogenated alkanes) is 2. The van der Waals surface area contributed by atoms with Crippen molar-refractivity contribution in [1.29, 1.82) is 0 Å². The van der Waals surface area contributed by atoms with Gasteiger partial charge in [-0.05, 0) is 34.8 Å². The van der Waals surface area contributed by atoms with Crippen LogP contribution in [-0.4, -0.2) is 24.6 Å². The Morgan fingerprint density at radius 1 is 1.38 bits per heavy atom. The van der Waals surface area contributed by atoms with Crippen molar-refractivity contribution in [3.8, 4) is 0 Å². The molecule has 0 amide bonds. The molecule has 118 valence electrons. The van der Waals surface area contributed by atoms with Crippen molar-refractivity contribution >= 4 is 27.7 Å². The number of ether oxygens (including phenoxy) is 1. The van der Waals surface area contributed by atoms with Gasteiger partial charge in [0.25, 0.3) is 0 Å². The van der Waals surface area contributed by atoms with Gasteiger partial charge in [0.15, 0.2) is 0 Å². The first-order chi connectivity index (χ1) is 9.84. The topological polar surface area (TPSA) is 51.2 Å². The van der Waals surface area contributed by atoms with Gasteiger partial charge in [-0.25, -0.2) is 4.98 Å². The predicted molar refractivity (Wildman–Crippen MR) is 75.9 cm³/mol. The summed E-state index contributed by atoms with van der Waals surface area (Å²) in [7, 11) is 1.32. The number of carbonyl (C=O) groups excluding carboxylic acids is 1. The van der Waals surface area contributed by atoms with E-state index in [9.17, 15) is 18.0 Å². The minimum absolute atomic E-state index is 0.182. The summed E-state index contributed by atoms with van der Waals surface area (Å²) in [5.41, 5.74) is -0.800. The van der Waals surface area contributed by atoms with Gasteiger partial charge in [-0.1, -0.05) is 6.42 Å². The molecule has 0 spiro atoms. The summed E-state index contributed by atoms with van der Waals surface area (Å²) in [6.45, 7) is 0.360. The first kappa shape index (κ1) is 17.7. The SMILES string of the molecule is COC(=O)CCCCCNc1ncc(Br)cc1C(F)(F)F. The molecule has 0 fully saturated rings. The Hall–Kier alpha value is -1.31. The van der Waals surface area contributed by atoms with Gasteiger partial charge in [-0.15, -0.1) is 0 Å². The second-order valence-electron chi connectivity index (χ2n) is 4.36. The van der Waals surface area contributed by atoms with E-state index in [0.29, 0.717) is 25.8 Å². The summed E-state index contributed by atoms with van der Waals surface area (Å²) < 4.78 is 43.3. The van der Waals surface area contributed by atoms with Crippen LogP contribution in [0.5, 0.6) is 0 Å². The fourth-order valence-electron chi connectivity index (χ4n) is 1.68. The molecule has 0 aromatic carbocycles. The Morgan fingerprint density at radius 2 is 2.10 bits per heavy atom. The number of methoxy groups -OCH3 is 1. The van der Waals surface area contributed by atoms with Gasteiger partial charge in [-0.3, -0.25) is 4.79 Å². The van der Waals surface area contributed by atoms with E-state index in [1.807, 2.05) is 0 Å². The summed E-state index contributed by atoms with van der Waals surface area (Å²) in [4.78, 5) is 14.6. The number of halogens is 4. The molecule has 1 aromatic rings. The van der Waals surface area contributed by atoms with Crippen LogP contribution in [0.15, 0.2) is 16.7 Å². The number of nitrogens with zero attached hydrogens (tertiary/aromatic N) is 1. The first-order valence-electron chi connectivity index (χ1n) is 6.38. The van der Waals surface area contributed by atoms with Crippen molar-refractivity contribution in [2.75, 3.05) is 19.0 Å². The monoisotopic (exact) mass is 368 g/mol. The van der Waals surface area contributed by atoms with Crippen LogP contribution in [-0.2, 0) is 15.7 Å². The van der Waals surface area contributed by atoms with Crippen molar-refractivity contribution in [1.82, 2.24) is 4.98 Å². The molecule has 1 aromatic heterocycles. The third-order valence-electron chi connectivity index (χ3n) is 2.74. The molecule has 8 heteroatoms. The Bertz CT molecular complexity index is 481. The van der Waals surface area contributed by atoms with Crippen molar-refractivity contribution in [2.24, 2.45) is 0 Å². The molecule has 1 rings (SSSR count). The molecule has 0 aliphatic carbocycles. The number of hydrogen-bond donors (Lipinski definition) is 1. The van der Waals surface area contributed by atoms with E-state index in [4.69, 9.17) is 0 Å². The van der Waals surface area contributed by atoms with Gasteiger partial charge >= 0.3 is 12.1 Å². The number of hydrogen-bond acceptors (Lipinski definition) is 4. The molecule has 0 unspecified atom stereocenters. The van der Waals surface area contributed by atoms with E-state index in [1.54, 1.807) is 0 Å². The third kappa shape index (κ3) is 6.33. The van der Waals surface area contributed by atoms with Gasteiger partial charge in [0.05, 0.1) is 12.7 Å². The predicted octanol–water partition coefficient (Wildman–Crippen LogP) is 4.01. The molecule has 0 aliphatic heterocycles. The third-order valence-corrected chi connectivity index (χ3v) is 3.17. The molecule has 0 saturated heterocycles. The van der Waals surface area contributed by atoms with Crippen LogP contribution in [0.3, 0.4) is 0 Å². The smallest absolute Gasteiger partial charge is 0.419 e. The van der Waals surface area contributed by atoms with Crippen LogP contribution < -0.4 is 5.32 Å². The molecule has 0 radical (unpaired) electrons. The van der Waals surface area contributed by atoms with Crippen LogP contribution in [0.1, 0.15) is 31.2 Å². The Labute approximate surface area is 129 Å². The zero-order valence-electron chi connectivity index (χ0n) is 11.5. The fraction of sp³-hybridized carbons (Fsp3) is 0.538. The largest absolute Gasteiger partial charge is 0.469 e. The maximum absolute atomic E-state index is 12.8. The summed E-state index contributed by atoms with van der Waals surface area (Å²) in [5, 5.41) is 2.68. The van der Waals surface area contributed by atoms with Crippen molar-refractivity contribution in [3.05, 3.63) is 22.3 Å². The van der Waals surface area contributed by atoms with Crippen LogP contribution in [0.25, 0.3) is 0 Å². The second kappa shape index (κ2) is 8.21. The molecule has 0 bridgehead atoms. The molecule has 4 nitrogen and oxygen atoms in total. The lowest BCUT2D eigenvalue weighted by molar-refractivity contribution is -0.140. The normalized spacial score (nSPS) is 11.3. The lowest BCUT2D eigenvalue weighted by atomic mass is 10.2. The van der Waals surface area contributed by atoms with Gasteiger partial charge in [-0.2, -0.15) is 13.2 Å². The van der Waals surface area contributed by atoms with Crippen LogP contribution in [0.2, 0.25) is 0 Å². The molecule has 1 N–H and O–H groups in total. The number of rotatable bonds is 7. The van der Waals surface area contributed by atoms with E-state index in [-0.39, 0.29) is 16.3 Å². The number of carbonyl (C=O) groups is 1. The summed E-state index contributed by atoms with van der Waals surface area (Å²) in [6, 6.07) is 0.993. The number of pyridine rings is 1. The van der Waals surface area contributed by atoms with Gasteiger partial charge in [0, 0.05) is 23.6 Å². The number of anilines is 1. The van der Waals surface area contributed by atoms with Crippen LogP contribution in [0.4, 0.5) is 19.0 Å². The summed E-state index contributed by atoms with van der Waals surface area (Å²) in [6.07, 6.45) is -0.806. The van der Waals surface area contributed by atoms with E-state index in [0.717, 1.165) is 12.5 Å². The van der Waals surface area contributed by atoms with E-state index >= 15 is 0 Å². The van der Waals surface area contributed by atoms with E-state index < -0.39 is 11.7 Å². The number of alkyl halides is 3. The van der Waals surface area contributed by atoms with Gasteiger partial charge in [0.1, 0.15) is 5.82 Å². The molecular formula is C13H16BrF3N2O2. The number of esters is 1. The molecule has 0 aliphatic rings. The highest BCUT2D eigenvalue weighted by Crippen LogP contribution is 2.35. The van der Waals surface area contributed by atoms with E-state index in [2.05, 4.69) is 31.0 Å². The zero-order chi connectivity index (χ0) is 15.9. The number of aromatic nitrogens is 1. The van der Waals surface area contributed by atoms with E-state index in [1.165, 1.54) is 13.3 Å². The maximum atomic E-state index is 12.8. The van der Waals surface area contributed by atoms with Gasteiger partial charge in [0.2, 0.25) is 0 Å². The standard InChI is InChI=1S/C13H16BrF3N2O2/c1-21-11(20)5-3-2-4-6-18-12-10(13(15,16)17)7-9(14)8-19-12/h7-8H,2-6H2,1H3,(H,18,19). The Morgan fingerprint density at radius 3 is 2.71 bits per heavy atom. The molecule has 1 heterocycles. The summed E-state index contributed by atoms with van der Waals surface area (Å²) >= 11 is 2.98. The molecule has 21 heavy (non-hydrogen) atoms. The molecular weight excluding hydrogens is 353 g/mol. The second-order valence-corrected chi connectivity index (χ2v) is 5.28. The summed E-state index contributed by atoms with van der Waals surface area (Å²) in [5.74, 6) is -0.462. The van der Waals surface area contributed by atoms with Crippen LogP contribution in [0, 0.1) is 0 Å². The van der Waals surface area contributed by atoms with Crippen molar-refractivity contribution in [2.45, 2.75) is 31.9 Å². The lowest BCUT2D eigenvalue weighted by Crippen LogP contribution is -2.13. The minimum Gasteiger partial charge on any atom is -0.469 e. The average molecular weight is 369 g/mol. The zero-order valence-corrected chi connectivity index (χ0v) is 13.1. The van der Waals surface area contributed by atoms with Crippen LogP contribution >= 0.6 is 15.9 Å². The quantitative estimate of drug-likeness (QED) is 0.583. The first-order valence-corrected chi connectivity index (χ1v) is 7.17. The molecule has 0 saturated carbocycles.